The molecule has 8 heteroatoms. The maximum atomic E-state index is 13.8. The standard InChI is InChI=1S/C34H29NO7/c1-21-26-20-42-33(37)31(26)24-13-8-3-4-9-14-28-29(21)30(24)25-19-23(39-2)15-16-27(25)35(28)34(38)41-18-10-17-40-32(36)22-11-6-5-7-12-22/h3-7,11-12,15-16,19,24,26,28,30-31H,10,17-18,20H2,1-2H3/b4-3-/t24-,26+,28-,30-,31-/m0/s1. The highest BCUT2D eigenvalue weighted by atomic mass is 16.6. The molecule has 1 amide bonds. The van der Waals surface area contributed by atoms with Crippen molar-refractivity contribution in [3.63, 3.8) is 0 Å². The largest absolute Gasteiger partial charge is 0.497 e. The number of benzene rings is 2. The Morgan fingerprint density at radius 1 is 1.02 bits per heavy atom. The highest BCUT2D eigenvalue weighted by Gasteiger charge is 2.55. The molecule has 2 aliphatic heterocycles. The highest BCUT2D eigenvalue weighted by Crippen LogP contribution is 2.56. The van der Waals surface area contributed by atoms with Crippen molar-refractivity contribution >= 4 is 23.7 Å². The quantitative estimate of drug-likeness (QED) is 0.166. The lowest BCUT2D eigenvalue weighted by atomic mass is 9.60. The molecule has 212 valence electrons. The molecular weight excluding hydrogens is 534 g/mol. The van der Waals surface area contributed by atoms with Gasteiger partial charge in [-0.2, -0.15) is 0 Å². The minimum atomic E-state index is -0.636. The molecule has 4 aliphatic rings. The number of esters is 2. The molecule has 8 nitrogen and oxygen atoms in total. The summed E-state index contributed by atoms with van der Waals surface area (Å²) >= 11 is 0. The fourth-order valence-corrected chi connectivity index (χ4v) is 6.32. The molecule has 6 rings (SSSR count). The third kappa shape index (κ3) is 4.80. The fraction of sp³-hybridized carbons (Fsp3) is 0.324. The number of methoxy groups -OCH3 is 1. The van der Waals surface area contributed by atoms with Gasteiger partial charge >= 0.3 is 18.0 Å². The van der Waals surface area contributed by atoms with E-state index in [-0.39, 0.29) is 43.5 Å². The van der Waals surface area contributed by atoms with Crippen LogP contribution in [0.5, 0.6) is 5.75 Å². The van der Waals surface area contributed by atoms with Gasteiger partial charge in [0.15, 0.2) is 0 Å². The second-order valence-electron chi connectivity index (χ2n) is 10.5. The van der Waals surface area contributed by atoms with Gasteiger partial charge in [-0.1, -0.05) is 47.5 Å². The number of rotatable bonds is 6. The lowest BCUT2D eigenvalue weighted by molar-refractivity contribution is -0.142. The first kappa shape index (κ1) is 27.2. The first-order valence-electron chi connectivity index (χ1n) is 13.9. The molecular formula is C34H29NO7. The minimum absolute atomic E-state index is 0.0472. The van der Waals surface area contributed by atoms with Crippen LogP contribution in [-0.2, 0) is 19.0 Å². The number of carbonyl (C=O) groups is 3. The molecule has 0 unspecified atom stereocenters. The average molecular weight is 564 g/mol. The summed E-state index contributed by atoms with van der Waals surface area (Å²) in [7, 11) is 1.59. The SMILES string of the molecule is COc1ccc2c(c1)[C@H]1C3=C(C)[C@H]4COC(=O)[C@H]4[C@H]1C#C/C=C\C#C[C@@H]3N2C(=O)OCCCOC(=O)c1ccccc1. The van der Waals surface area contributed by atoms with E-state index in [1.165, 1.54) is 0 Å². The minimum Gasteiger partial charge on any atom is -0.497 e. The van der Waals surface area contributed by atoms with E-state index in [1.807, 2.05) is 25.1 Å². The van der Waals surface area contributed by atoms with Crippen LogP contribution in [0.2, 0.25) is 0 Å². The van der Waals surface area contributed by atoms with Crippen LogP contribution in [0.4, 0.5) is 10.5 Å². The van der Waals surface area contributed by atoms with E-state index in [1.54, 1.807) is 54.5 Å². The summed E-state index contributed by atoms with van der Waals surface area (Å²) in [6.45, 7) is 2.42. The van der Waals surface area contributed by atoms with E-state index in [0.29, 0.717) is 23.4 Å². The van der Waals surface area contributed by atoms with Crippen LogP contribution in [-0.4, -0.2) is 51.0 Å². The van der Waals surface area contributed by atoms with Gasteiger partial charge in [0.2, 0.25) is 0 Å². The van der Waals surface area contributed by atoms with Gasteiger partial charge < -0.3 is 18.9 Å². The molecule has 0 aromatic heterocycles. The summed E-state index contributed by atoms with van der Waals surface area (Å²) in [4.78, 5) is 40.6. The van der Waals surface area contributed by atoms with Crippen molar-refractivity contribution in [2.24, 2.45) is 17.8 Å². The zero-order valence-electron chi connectivity index (χ0n) is 23.3. The molecule has 0 saturated carbocycles. The summed E-state index contributed by atoms with van der Waals surface area (Å²) < 4.78 is 22.1. The van der Waals surface area contributed by atoms with E-state index in [0.717, 1.165) is 16.7 Å². The Kier molecular flexibility index (Phi) is 7.46. The lowest BCUT2D eigenvalue weighted by Crippen LogP contribution is -2.50. The van der Waals surface area contributed by atoms with Gasteiger partial charge in [0.25, 0.3) is 0 Å². The van der Waals surface area contributed by atoms with E-state index >= 15 is 0 Å². The molecule has 5 atom stereocenters. The Labute approximate surface area is 244 Å². The fourth-order valence-electron chi connectivity index (χ4n) is 6.32. The monoisotopic (exact) mass is 563 g/mol. The number of cyclic esters (lactones) is 1. The lowest BCUT2D eigenvalue weighted by Gasteiger charge is -2.47. The summed E-state index contributed by atoms with van der Waals surface area (Å²) in [5, 5.41) is 0. The normalized spacial score (nSPS) is 25.3. The van der Waals surface area contributed by atoms with Gasteiger partial charge in [-0.15, -0.1) is 0 Å². The average Bonchev–Trinajstić information content (AvgIpc) is 3.40. The van der Waals surface area contributed by atoms with Crippen LogP contribution in [0.15, 0.2) is 71.8 Å². The van der Waals surface area contributed by atoms with Crippen LogP contribution >= 0.6 is 0 Å². The van der Waals surface area contributed by atoms with Gasteiger partial charge in [0.05, 0.1) is 44.1 Å². The van der Waals surface area contributed by atoms with E-state index < -0.39 is 24.0 Å². The first-order valence-corrected chi connectivity index (χ1v) is 13.9. The summed E-state index contributed by atoms with van der Waals surface area (Å²) in [5.74, 6) is 11.5. The molecule has 0 spiro atoms. The molecule has 2 aliphatic carbocycles. The predicted octanol–water partition coefficient (Wildman–Crippen LogP) is 4.66. The van der Waals surface area contributed by atoms with E-state index in [4.69, 9.17) is 18.9 Å². The Bertz CT molecular complexity index is 1620. The number of hydrogen-bond donors (Lipinski definition) is 0. The van der Waals surface area contributed by atoms with Crippen molar-refractivity contribution in [1.29, 1.82) is 0 Å². The number of allylic oxidation sites excluding steroid dienone is 2. The van der Waals surface area contributed by atoms with Crippen LogP contribution in [0.1, 0.15) is 35.2 Å². The zero-order chi connectivity index (χ0) is 29.2. The zero-order valence-corrected chi connectivity index (χ0v) is 23.3. The number of ether oxygens (including phenoxy) is 4. The number of fused-ring (bicyclic) bond motifs is 3. The smallest absolute Gasteiger partial charge is 0.415 e. The highest BCUT2D eigenvalue weighted by molar-refractivity contribution is 5.94. The van der Waals surface area contributed by atoms with Crippen LogP contribution < -0.4 is 9.64 Å². The molecule has 1 saturated heterocycles. The van der Waals surface area contributed by atoms with Crippen molar-refractivity contribution < 1.29 is 33.3 Å². The van der Waals surface area contributed by atoms with Crippen LogP contribution in [0.25, 0.3) is 0 Å². The number of amides is 1. The molecule has 4 bridgehead atoms. The maximum absolute atomic E-state index is 13.8. The van der Waals surface area contributed by atoms with Crippen LogP contribution in [0.3, 0.4) is 0 Å². The molecule has 2 aromatic rings. The van der Waals surface area contributed by atoms with Crippen molar-refractivity contribution in [1.82, 2.24) is 0 Å². The van der Waals surface area contributed by atoms with Crippen molar-refractivity contribution in [2.75, 3.05) is 31.8 Å². The number of carbonyl (C=O) groups excluding carboxylic acids is 3. The Hall–Kier alpha value is -4.95. The number of anilines is 1. The van der Waals surface area contributed by atoms with Crippen molar-refractivity contribution in [2.45, 2.75) is 25.3 Å². The Balaban J connectivity index is 1.31. The third-order valence-electron chi connectivity index (χ3n) is 8.26. The summed E-state index contributed by atoms with van der Waals surface area (Å²) in [5.41, 5.74) is 3.82. The molecule has 2 heterocycles. The molecule has 0 radical (unpaired) electrons. The van der Waals surface area contributed by atoms with Gasteiger partial charge in [-0.05, 0) is 60.5 Å². The molecule has 0 N–H and O–H groups in total. The number of nitrogens with zero attached hydrogens (tertiary/aromatic N) is 1. The maximum Gasteiger partial charge on any atom is 0.415 e. The Morgan fingerprint density at radius 2 is 1.79 bits per heavy atom. The van der Waals surface area contributed by atoms with Crippen molar-refractivity contribution in [3.05, 3.63) is 83.0 Å². The van der Waals surface area contributed by atoms with E-state index in [2.05, 4.69) is 23.7 Å². The second kappa shape index (κ2) is 11.5. The second-order valence-corrected chi connectivity index (χ2v) is 10.5. The number of hydrogen-bond acceptors (Lipinski definition) is 7. The third-order valence-corrected chi connectivity index (χ3v) is 8.26. The van der Waals surface area contributed by atoms with Gasteiger partial charge in [0, 0.05) is 24.2 Å². The van der Waals surface area contributed by atoms with Gasteiger partial charge in [-0.25, -0.2) is 9.59 Å². The van der Waals surface area contributed by atoms with Gasteiger partial charge in [-0.3, -0.25) is 9.69 Å². The first-order chi connectivity index (χ1) is 20.5. The van der Waals surface area contributed by atoms with E-state index in [9.17, 15) is 14.4 Å². The Morgan fingerprint density at radius 3 is 2.57 bits per heavy atom. The van der Waals surface area contributed by atoms with Crippen LogP contribution in [0, 0.1) is 41.4 Å². The summed E-state index contributed by atoms with van der Waals surface area (Å²) in [6, 6.07) is 13.6. The topological polar surface area (TPSA) is 91.4 Å². The summed E-state index contributed by atoms with van der Waals surface area (Å²) in [6.07, 6.45) is 3.08. The van der Waals surface area contributed by atoms with Gasteiger partial charge in [0.1, 0.15) is 11.8 Å². The molecule has 42 heavy (non-hydrogen) atoms. The molecule has 1 fully saturated rings. The molecule has 2 aromatic carbocycles. The van der Waals surface area contributed by atoms with Crippen molar-refractivity contribution in [3.8, 4) is 29.4 Å². The predicted molar refractivity (Wildman–Crippen MR) is 154 cm³/mol.